The Kier molecular flexibility index (Phi) is 4.69. The van der Waals surface area contributed by atoms with E-state index in [4.69, 9.17) is 10.5 Å². The summed E-state index contributed by atoms with van der Waals surface area (Å²) in [5.74, 6) is 0. The van der Waals surface area contributed by atoms with E-state index >= 15 is 0 Å². The number of nitrogens with two attached hydrogens (primary N) is 1. The summed E-state index contributed by atoms with van der Waals surface area (Å²) >= 11 is 0. The first kappa shape index (κ1) is 17.9. The first-order chi connectivity index (χ1) is 12.3. The fourth-order valence-corrected chi connectivity index (χ4v) is 2.75. The molecule has 2 aromatic carbocycles. The van der Waals surface area contributed by atoms with Gasteiger partial charge >= 0.3 is 6.18 Å². The van der Waals surface area contributed by atoms with Gasteiger partial charge in [-0.15, -0.1) is 0 Å². The third-order valence-corrected chi connectivity index (χ3v) is 4.06. The maximum Gasteiger partial charge on any atom is 0.416 e. The van der Waals surface area contributed by atoms with Gasteiger partial charge < -0.3 is 10.5 Å². The van der Waals surface area contributed by atoms with E-state index in [0.717, 1.165) is 12.1 Å². The van der Waals surface area contributed by atoms with Crippen molar-refractivity contribution >= 4 is 16.6 Å². The number of nitrogen functional groups attached to an aromatic ring is 1. The van der Waals surface area contributed by atoms with Crippen molar-refractivity contribution in [1.29, 1.82) is 0 Å². The molecule has 0 saturated heterocycles. The number of fused-ring (bicyclic) bond motifs is 1. The first-order valence-electron chi connectivity index (χ1n) is 7.77. The van der Waals surface area contributed by atoms with Crippen LogP contribution in [0.4, 0.5) is 18.9 Å². The normalized spacial score (nSPS) is 11.8. The van der Waals surface area contributed by atoms with Gasteiger partial charge in [0.15, 0.2) is 0 Å². The van der Waals surface area contributed by atoms with Crippen LogP contribution in [0, 0.1) is 0 Å². The number of hydrogen-bond donors (Lipinski definition) is 1. The van der Waals surface area contributed by atoms with Crippen molar-refractivity contribution in [3.05, 3.63) is 58.6 Å². The molecule has 136 valence electrons. The lowest BCUT2D eigenvalue weighted by atomic mass is 9.98. The standard InChI is InChI=1S/C18H16F3N3O2/c1-26-9-8-24-10-23-14-7-6-13(22)15(16(14)17(24)25)11-2-4-12(5-3-11)18(19,20)21/h2-7,10H,8-9,22H2,1H3. The van der Waals surface area contributed by atoms with Gasteiger partial charge in [0.05, 0.1) is 35.9 Å². The Morgan fingerprint density at radius 1 is 1.15 bits per heavy atom. The van der Waals surface area contributed by atoms with Gasteiger partial charge in [-0.3, -0.25) is 9.36 Å². The Labute approximate surface area is 146 Å². The van der Waals surface area contributed by atoms with Gasteiger partial charge in [0.2, 0.25) is 0 Å². The third kappa shape index (κ3) is 3.28. The Balaban J connectivity index is 2.21. The predicted molar refractivity (Wildman–Crippen MR) is 92.7 cm³/mol. The van der Waals surface area contributed by atoms with Crippen molar-refractivity contribution < 1.29 is 17.9 Å². The maximum atomic E-state index is 12.8. The van der Waals surface area contributed by atoms with Gasteiger partial charge in [-0.25, -0.2) is 4.98 Å². The van der Waals surface area contributed by atoms with Crippen LogP contribution in [0.25, 0.3) is 22.0 Å². The van der Waals surface area contributed by atoms with Gasteiger partial charge in [-0.1, -0.05) is 12.1 Å². The minimum Gasteiger partial charge on any atom is -0.398 e. The molecule has 0 bridgehead atoms. The van der Waals surface area contributed by atoms with Gasteiger partial charge in [0.1, 0.15) is 0 Å². The molecule has 0 fully saturated rings. The minimum atomic E-state index is -4.43. The Morgan fingerprint density at radius 2 is 1.85 bits per heavy atom. The number of aromatic nitrogens is 2. The van der Waals surface area contributed by atoms with E-state index in [-0.39, 0.29) is 10.9 Å². The van der Waals surface area contributed by atoms with Crippen molar-refractivity contribution in [2.45, 2.75) is 12.7 Å². The van der Waals surface area contributed by atoms with E-state index in [1.54, 1.807) is 12.1 Å². The van der Waals surface area contributed by atoms with E-state index < -0.39 is 11.7 Å². The molecule has 0 aliphatic heterocycles. The number of halogens is 3. The van der Waals surface area contributed by atoms with Crippen LogP contribution in [0.5, 0.6) is 0 Å². The molecule has 0 aliphatic carbocycles. The minimum absolute atomic E-state index is 0.267. The highest BCUT2D eigenvalue weighted by molar-refractivity contribution is 6.00. The number of methoxy groups -OCH3 is 1. The summed E-state index contributed by atoms with van der Waals surface area (Å²) in [5, 5.41) is 0.267. The monoisotopic (exact) mass is 363 g/mol. The highest BCUT2D eigenvalue weighted by Gasteiger charge is 2.30. The maximum absolute atomic E-state index is 12.8. The number of nitrogens with zero attached hydrogens (tertiary/aromatic N) is 2. The molecular weight excluding hydrogens is 347 g/mol. The topological polar surface area (TPSA) is 70.1 Å². The molecule has 0 saturated carbocycles. The van der Waals surface area contributed by atoms with Crippen molar-refractivity contribution in [3.8, 4) is 11.1 Å². The number of ether oxygens (including phenoxy) is 1. The molecule has 0 atom stereocenters. The second-order valence-electron chi connectivity index (χ2n) is 5.73. The molecule has 0 unspecified atom stereocenters. The lowest BCUT2D eigenvalue weighted by Gasteiger charge is -2.13. The van der Waals surface area contributed by atoms with Crippen LogP contribution in [0.15, 0.2) is 47.5 Å². The molecule has 3 aromatic rings. The number of rotatable bonds is 4. The number of benzene rings is 2. The van der Waals surface area contributed by atoms with Crippen molar-refractivity contribution in [2.24, 2.45) is 0 Å². The van der Waals surface area contributed by atoms with Gasteiger partial charge in [-0.05, 0) is 29.8 Å². The van der Waals surface area contributed by atoms with Crippen molar-refractivity contribution in [2.75, 3.05) is 19.5 Å². The molecule has 5 nitrogen and oxygen atoms in total. The average molecular weight is 363 g/mol. The molecule has 0 spiro atoms. The van der Waals surface area contributed by atoms with Crippen LogP contribution in [0.2, 0.25) is 0 Å². The molecule has 0 radical (unpaired) electrons. The summed E-state index contributed by atoms with van der Waals surface area (Å²) in [5.41, 5.74) is 6.46. The third-order valence-electron chi connectivity index (χ3n) is 4.06. The average Bonchev–Trinajstić information content (AvgIpc) is 2.61. The van der Waals surface area contributed by atoms with Crippen molar-refractivity contribution in [1.82, 2.24) is 9.55 Å². The van der Waals surface area contributed by atoms with E-state index in [2.05, 4.69) is 4.98 Å². The van der Waals surface area contributed by atoms with E-state index in [9.17, 15) is 18.0 Å². The molecule has 26 heavy (non-hydrogen) atoms. The highest BCUT2D eigenvalue weighted by atomic mass is 19.4. The smallest absolute Gasteiger partial charge is 0.398 e. The van der Waals surface area contributed by atoms with Gasteiger partial charge in [-0.2, -0.15) is 13.2 Å². The predicted octanol–water partition coefficient (Wildman–Crippen LogP) is 3.31. The molecule has 8 heteroatoms. The fraction of sp³-hybridized carbons (Fsp3) is 0.222. The SMILES string of the molecule is COCCn1cnc2ccc(N)c(-c3ccc(C(F)(F)F)cc3)c2c1=O. The zero-order valence-electron chi connectivity index (χ0n) is 13.9. The molecule has 2 N–H and O–H groups in total. The molecular formula is C18H16F3N3O2. The van der Waals surface area contributed by atoms with Crippen LogP contribution >= 0.6 is 0 Å². The van der Waals surface area contributed by atoms with Crippen LogP contribution in [-0.4, -0.2) is 23.3 Å². The van der Waals surface area contributed by atoms with Crippen LogP contribution < -0.4 is 11.3 Å². The number of anilines is 1. The van der Waals surface area contributed by atoms with E-state index in [0.29, 0.717) is 35.5 Å². The van der Waals surface area contributed by atoms with E-state index in [1.165, 1.54) is 30.1 Å². The van der Waals surface area contributed by atoms with Crippen LogP contribution in [0.3, 0.4) is 0 Å². The molecule has 1 aromatic heterocycles. The summed E-state index contributed by atoms with van der Waals surface area (Å²) in [7, 11) is 1.52. The molecule has 0 aliphatic rings. The summed E-state index contributed by atoms with van der Waals surface area (Å²) in [6.45, 7) is 0.630. The second kappa shape index (κ2) is 6.80. The highest BCUT2D eigenvalue weighted by Crippen LogP contribution is 2.34. The van der Waals surface area contributed by atoms with Gasteiger partial charge in [0.25, 0.3) is 5.56 Å². The number of hydrogen-bond acceptors (Lipinski definition) is 4. The zero-order valence-corrected chi connectivity index (χ0v) is 13.9. The van der Waals surface area contributed by atoms with E-state index in [1.807, 2.05) is 0 Å². The molecule has 0 amide bonds. The Hall–Kier alpha value is -2.87. The number of alkyl halides is 3. The van der Waals surface area contributed by atoms with Gasteiger partial charge in [0, 0.05) is 18.4 Å². The van der Waals surface area contributed by atoms with Crippen molar-refractivity contribution in [3.63, 3.8) is 0 Å². The lowest BCUT2D eigenvalue weighted by Crippen LogP contribution is -2.23. The summed E-state index contributed by atoms with van der Waals surface area (Å²) < 4.78 is 44.7. The van der Waals surface area contributed by atoms with Crippen LogP contribution in [0.1, 0.15) is 5.56 Å². The summed E-state index contributed by atoms with van der Waals surface area (Å²) in [6, 6.07) is 7.74. The summed E-state index contributed by atoms with van der Waals surface area (Å²) in [4.78, 5) is 17.1. The Bertz CT molecular complexity index is 995. The first-order valence-corrected chi connectivity index (χ1v) is 7.77. The Morgan fingerprint density at radius 3 is 2.46 bits per heavy atom. The molecule has 3 rings (SSSR count). The fourth-order valence-electron chi connectivity index (χ4n) is 2.75. The second-order valence-corrected chi connectivity index (χ2v) is 5.73. The van der Waals surface area contributed by atoms with Crippen LogP contribution in [-0.2, 0) is 17.5 Å². The molecule has 1 heterocycles. The zero-order chi connectivity index (χ0) is 18.9. The lowest BCUT2D eigenvalue weighted by molar-refractivity contribution is -0.137. The largest absolute Gasteiger partial charge is 0.416 e. The summed E-state index contributed by atoms with van der Waals surface area (Å²) in [6.07, 6.45) is -3.02. The quantitative estimate of drug-likeness (QED) is 0.722.